The van der Waals surface area contributed by atoms with E-state index >= 15 is 0 Å². The SMILES string of the molecule is Cn1ncc(S(=O)(=O)Nc2ccc(Cl)c(CC#N)c2N)c1C#N. The highest BCUT2D eigenvalue weighted by molar-refractivity contribution is 7.92. The van der Waals surface area contributed by atoms with Gasteiger partial charge >= 0.3 is 0 Å². The Bertz CT molecular complexity index is 952. The highest BCUT2D eigenvalue weighted by atomic mass is 35.5. The molecule has 2 rings (SSSR count). The highest BCUT2D eigenvalue weighted by Gasteiger charge is 2.24. The van der Waals surface area contributed by atoms with E-state index in [0.717, 1.165) is 10.9 Å². The van der Waals surface area contributed by atoms with E-state index in [0.29, 0.717) is 5.56 Å². The Balaban J connectivity index is 2.49. The Labute approximate surface area is 137 Å². The molecule has 0 unspecified atom stereocenters. The summed E-state index contributed by atoms with van der Waals surface area (Å²) in [7, 11) is -2.61. The van der Waals surface area contributed by atoms with Crippen LogP contribution in [-0.2, 0) is 23.5 Å². The molecule has 10 heteroatoms. The molecule has 118 valence electrons. The van der Waals surface area contributed by atoms with Crippen molar-refractivity contribution in [1.29, 1.82) is 10.5 Å². The second-order valence-electron chi connectivity index (χ2n) is 4.52. The zero-order chi connectivity index (χ0) is 17.2. The van der Waals surface area contributed by atoms with Crippen molar-refractivity contribution in [1.82, 2.24) is 9.78 Å². The molecule has 1 aromatic heterocycles. The average Bonchev–Trinajstić information content (AvgIpc) is 2.88. The van der Waals surface area contributed by atoms with Crippen molar-refractivity contribution in [2.45, 2.75) is 11.3 Å². The minimum Gasteiger partial charge on any atom is -0.397 e. The number of nitrogens with zero attached hydrogens (tertiary/aromatic N) is 4. The van der Waals surface area contributed by atoms with Crippen LogP contribution in [0.5, 0.6) is 0 Å². The molecule has 1 heterocycles. The smallest absolute Gasteiger partial charge is 0.266 e. The molecule has 0 bridgehead atoms. The number of rotatable bonds is 4. The average molecular weight is 351 g/mol. The molecule has 0 saturated heterocycles. The topological polar surface area (TPSA) is 138 Å². The van der Waals surface area contributed by atoms with Crippen molar-refractivity contribution in [3.8, 4) is 12.1 Å². The van der Waals surface area contributed by atoms with E-state index in [-0.39, 0.29) is 33.4 Å². The normalized spacial score (nSPS) is 10.8. The lowest BCUT2D eigenvalue weighted by Crippen LogP contribution is -2.16. The van der Waals surface area contributed by atoms with Crippen LogP contribution in [0.15, 0.2) is 23.2 Å². The van der Waals surface area contributed by atoms with E-state index in [1.54, 1.807) is 6.07 Å². The highest BCUT2D eigenvalue weighted by Crippen LogP contribution is 2.31. The van der Waals surface area contributed by atoms with Crippen LogP contribution in [0.2, 0.25) is 5.02 Å². The van der Waals surface area contributed by atoms with Gasteiger partial charge in [0.1, 0.15) is 11.0 Å². The maximum atomic E-state index is 12.4. The van der Waals surface area contributed by atoms with E-state index in [1.807, 2.05) is 6.07 Å². The van der Waals surface area contributed by atoms with Gasteiger partial charge in [0.15, 0.2) is 5.69 Å². The molecule has 0 radical (unpaired) electrons. The number of hydrogen-bond acceptors (Lipinski definition) is 6. The van der Waals surface area contributed by atoms with Crippen LogP contribution in [0.1, 0.15) is 11.3 Å². The van der Waals surface area contributed by atoms with Crippen molar-refractivity contribution in [3.05, 3.63) is 34.6 Å². The molecular formula is C13H11ClN6O2S. The fourth-order valence-electron chi connectivity index (χ4n) is 1.93. The Morgan fingerprint density at radius 2 is 2.13 bits per heavy atom. The number of aromatic nitrogens is 2. The number of nitriles is 2. The zero-order valence-corrected chi connectivity index (χ0v) is 13.5. The van der Waals surface area contributed by atoms with Gasteiger partial charge < -0.3 is 5.73 Å². The van der Waals surface area contributed by atoms with Gasteiger partial charge in [-0.2, -0.15) is 15.6 Å². The minimum absolute atomic E-state index is 0.0590. The van der Waals surface area contributed by atoms with Crippen LogP contribution < -0.4 is 10.5 Å². The number of nitrogens with two attached hydrogens (primary N) is 1. The largest absolute Gasteiger partial charge is 0.397 e. The third-order valence-corrected chi connectivity index (χ3v) is 4.82. The number of nitrogen functional groups attached to an aromatic ring is 1. The van der Waals surface area contributed by atoms with Gasteiger partial charge in [0.2, 0.25) is 0 Å². The second-order valence-corrected chi connectivity index (χ2v) is 6.58. The number of nitrogens with one attached hydrogen (secondary N) is 1. The van der Waals surface area contributed by atoms with Crippen molar-refractivity contribution in [2.75, 3.05) is 10.5 Å². The lowest BCUT2D eigenvalue weighted by Gasteiger charge is -2.13. The predicted octanol–water partition coefficient (Wildman–Crippen LogP) is 1.39. The first kappa shape index (κ1) is 16.6. The van der Waals surface area contributed by atoms with Gasteiger partial charge in [-0.25, -0.2) is 8.42 Å². The van der Waals surface area contributed by atoms with Crippen LogP contribution in [0, 0.1) is 22.7 Å². The Morgan fingerprint density at radius 1 is 1.43 bits per heavy atom. The van der Waals surface area contributed by atoms with E-state index < -0.39 is 10.0 Å². The summed E-state index contributed by atoms with van der Waals surface area (Å²) in [6, 6.07) is 6.52. The molecule has 0 aliphatic carbocycles. The standard InChI is InChI=1S/C13H11ClN6O2S/c1-20-11(6-16)12(7-18-20)23(21,22)19-10-3-2-9(14)8(4-5-15)13(10)17/h2-3,7,19H,4,17H2,1H3. The van der Waals surface area contributed by atoms with Gasteiger partial charge in [-0.15, -0.1) is 0 Å². The molecule has 3 N–H and O–H groups in total. The van der Waals surface area contributed by atoms with Crippen LogP contribution in [0.3, 0.4) is 0 Å². The summed E-state index contributed by atoms with van der Waals surface area (Å²) in [4.78, 5) is -0.265. The van der Waals surface area contributed by atoms with Gasteiger partial charge in [0, 0.05) is 17.6 Å². The minimum atomic E-state index is -4.06. The molecule has 0 amide bonds. The van der Waals surface area contributed by atoms with Gasteiger partial charge in [-0.05, 0) is 12.1 Å². The van der Waals surface area contributed by atoms with Crippen molar-refractivity contribution in [3.63, 3.8) is 0 Å². The molecule has 0 aliphatic rings. The first-order chi connectivity index (χ1) is 10.8. The molecule has 23 heavy (non-hydrogen) atoms. The van der Waals surface area contributed by atoms with Crippen molar-refractivity contribution in [2.24, 2.45) is 7.05 Å². The van der Waals surface area contributed by atoms with Gasteiger partial charge in [0.05, 0.1) is 30.1 Å². The first-order valence-corrected chi connectivity index (χ1v) is 8.06. The Kier molecular flexibility index (Phi) is 4.45. The van der Waals surface area contributed by atoms with Crippen LogP contribution in [0.25, 0.3) is 0 Å². The summed E-state index contributed by atoms with van der Waals surface area (Å²) in [6.45, 7) is 0. The summed E-state index contributed by atoms with van der Waals surface area (Å²) in [6.07, 6.45) is 1.01. The first-order valence-electron chi connectivity index (χ1n) is 6.20. The molecule has 0 atom stereocenters. The van der Waals surface area contributed by atoms with Crippen LogP contribution in [-0.4, -0.2) is 18.2 Å². The molecule has 0 spiro atoms. The van der Waals surface area contributed by atoms with E-state index in [1.165, 1.54) is 19.2 Å². The van der Waals surface area contributed by atoms with E-state index in [4.69, 9.17) is 27.9 Å². The van der Waals surface area contributed by atoms with E-state index in [2.05, 4.69) is 9.82 Å². The fraction of sp³-hybridized carbons (Fsp3) is 0.154. The third kappa shape index (κ3) is 3.06. The van der Waals surface area contributed by atoms with Crippen molar-refractivity contribution >= 4 is 33.0 Å². The molecule has 8 nitrogen and oxygen atoms in total. The van der Waals surface area contributed by atoms with E-state index in [9.17, 15) is 8.42 Å². The molecule has 1 aromatic carbocycles. The molecule has 0 aliphatic heterocycles. The zero-order valence-electron chi connectivity index (χ0n) is 11.9. The number of halogens is 1. The Morgan fingerprint density at radius 3 is 2.74 bits per heavy atom. The summed E-state index contributed by atoms with van der Waals surface area (Å²) < 4.78 is 28.3. The maximum absolute atomic E-state index is 12.4. The van der Waals surface area contributed by atoms with Gasteiger partial charge in [0.25, 0.3) is 10.0 Å². The predicted molar refractivity (Wildman–Crippen MR) is 83.9 cm³/mol. The quantitative estimate of drug-likeness (QED) is 0.799. The fourth-order valence-corrected chi connectivity index (χ4v) is 3.35. The number of aryl methyl sites for hydroxylation is 1. The van der Waals surface area contributed by atoms with Crippen LogP contribution in [0.4, 0.5) is 11.4 Å². The third-order valence-electron chi connectivity index (χ3n) is 3.10. The summed E-state index contributed by atoms with van der Waals surface area (Å²) in [5.74, 6) is 0. The number of hydrogen-bond donors (Lipinski definition) is 2. The lowest BCUT2D eigenvalue weighted by atomic mass is 10.1. The summed E-state index contributed by atoms with van der Waals surface area (Å²) >= 11 is 5.95. The number of benzene rings is 1. The van der Waals surface area contributed by atoms with Gasteiger partial charge in [-0.3, -0.25) is 9.40 Å². The number of sulfonamides is 1. The molecule has 0 saturated carbocycles. The molecule has 2 aromatic rings. The molecule has 0 fully saturated rings. The monoisotopic (exact) mass is 350 g/mol. The Hall–Kier alpha value is -2.75. The second kappa shape index (κ2) is 6.16. The van der Waals surface area contributed by atoms with Crippen molar-refractivity contribution < 1.29 is 8.42 Å². The summed E-state index contributed by atoms with van der Waals surface area (Å²) in [5, 5.41) is 21.9. The van der Waals surface area contributed by atoms with Crippen LogP contribution >= 0.6 is 11.6 Å². The maximum Gasteiger partial charge on any atom is 0.266 e. The molecular weight excluding hydrogens is 340 g/mol. The van der Waals surface area contributed by atoms with Gasteiger partial charge in [-0.1, -0.05) is 11.6 Å². The lowest BCUT2D eigenvalue weighted by molar-refractivity contribution is 0.600. The number of anilines is 2. The summed E-state index contributed by atoms with van der Waals surface area (Å²) in [5.41, 5.74) is 6.24.